The molecule has 92 valence electrons. The van der Waals surface area contributed by atoms with Gasteiger partial charge < -0.3 is 15.4 Å². The Kier molecular flexibility index (Phi) is 3.50. The average Bonchev–Trinajstić information content (AvgIpc) is 2.70. The average molecular weight is 232 g/mol. The molecule has 0 aliphatic carbocycles. The molecule has 0 saturated heterocycles. The molecule has 2 unspecified atom stereocenters. The van der Waals surface area contributed by atoms with Gasteiger partial charge in [-0.25, -0.2) is 0 Å². The summed E-state index contributed by atoms with van der Waals surface area (Å²) in [5.74, 6) is 0. The third-order valence-electron chi connectivity index (χ3n) is 3.01. The predicted molar refractivity (Wildman–Crippen MR) is 71.0 cm³/mol. The summed E-state index contributed by atoms with van der Waals surface area (Å²) in [6, 6.07) is 8.44. The zero-order chi connectivity index (χ0) is 12.4. The fraction of sp³-hybridized carbons (Fsp3) is 0.429. The minimum Gasteiger partial charge on any atom is -0.387 e. The van der Waals surface area contributed by atoms with Crippen molar-refractivity contribution in [1.82, 2.24) is 10.3 Å². The first-order valence-corrected chi connectivity index (χ1v) is 6.09. The highest BCUT2D eigenvalue weighted by molar-refractivity contribution is 5.83. The third-order valence-corrected chi connectivity index (χ3v) is 3.01. The number of aromatic amines is 1. The van der Waals surface area contributed by atoms with Crippen LogP contribution in [0.15, 0.2) is 30.5 Å². The Morgan fingerprint density at radius 2 is 1.88 bits per heavy atom. The largest absolute Gasteiger partial charge is 0.387 e. The quantitative estimate of drug-likeness (QED) is 0.759. The van der Waals surface area contributed by atoms with Crippen LogP contribution in [0.2, 0.25) is 0 Å². The monoisotopic (exact) mass is 232 g/mol. The van der Waals surface area contributed by atoms with E-state index in [-0.39, 0.29) is 6.04 Å². The summed E-state index contributed by atoms with van der Waals surface area (Å²) < 4.78 is 0. The van der Waals surface area contributed by atoms with E-state index in [0.717, 1.165) is 16.5 Å². The minimum absolute atomic E-state index is 0.0363. The minimum atomic E-state index is -0.492. The summed E-state index contributed by atoms with van der Waals surface area (Å²) in [6.07, 6.45) is 1.40. The number of benzene rings is 1. The van der Waals surface area contributed by atoms with Gasteiger partial charge >= 0.3 is 0 Å². The van der Waals surface area contributed by atoms with Crippen LogP contribution in [0.4, 0.5) is 0 Å². The number of aromatic nitrogens is 1. The van der Waals surface area contributed by atoms with Crippen LogP contribution in [0.1, 0.15) is 32.4 Å². The van der Waals surface area contributed by atoms with E-state index in [1.54, 1.807) is 0 Å². The van der Waals surface area contributed by atoms with E-state index in [4.69, 9.17) is 0 Å². The van der Waals surface area contributed by atoms with Crippen LogP contribution < -0.4 is 5.32 Å². The highest BCUT2D eigenvalue weighted by Crippen LogP contribution is 2.26. The predicted octanol–water partition coefficient (Wildman–Crippen LogP) is 2.59. The number of aliphatic hydroxyl groups is 1. The third kappa shape index (κ3) is 2.51. The highest BCUT2D eigenvalue weighted by Gasteiger charge is 2.19. The highest BCUT2D eigenvalue weighted by atomic mass is 16.3. The van der Waals surface area contributed by atoms with E-state index in [1.165, 1.54) is 0 Å². The molecule has 0 aliphatic heterocycles. The molecular weight excluding hydrogens is 212 g/mol. The first-order valence-electron chi connectivity index (χ1n) is 6.09. The number of fused-ring (bicyclic) bond motifs is 1. The van der Waals surface area contributed by atoms with Crippen molar-refractivity contribution in [3.05, 3.63) is 36.0 Å². The van der Waals surface area contributed by atoms with Crippen LogP contribution in [0.25, 0.3) is 10.9 Å². The van der Waals surface area contributed by atoms with Gasteiger partial charge in [0, 0.05) is 34.7 Å². The molecule has 0 amide bonds. The molecule has 0 saturated carbocycles. The molecular formula is C14H20N2O. The first-order chi connectivity index (χ1) is 8.09. The van der Waals surface area contributed by atoms with Crippen LogP contribution in [0.5, 0.6) is 0 Å². The lowest BCUT2D eigenvalue weighted by molar-refractivity contribution is 0.133. The number of rotatable bonds is 4. The molecule has 17 heavy (non-hydrogen) atoms. The zero-order valence-corrected chi connectivity index (χ0v) is 10.6. The van der Waals surface area contributed by atoms with Gasteiger partial charge in [0.1, 0.15) is 0 Å². The first kappa shape index (κ1) is 12.1. The molecule has 0 bridgehead atoms. The Morgan fingerprint density at radius 1 is 1.18 bits per heavy atom. The van der Waals surface area contributed by atoms with Crippen molar-refractivity contribution < 1.29 is 5.11 Å². The number of H-pyrrole nitrogens is 1. The van der Waals surface area contributed by atoms with E-state index in [1.807, 2.05) is 37.4 Å². The van der Waals surface area contributed by atoms with Crippen LogP contribution in [-0.2, 0) is 0 Å². The van der Waals surface area contributed by atoms with Gasteiger partial charge in [-0.1, -0.05) is 32.0 Å². The van der Waals surface area contributed by atoms with Gasteiger partial charge in [0.25, 0.3) is 0 Å². The Morgan fingerprint density at radius 3 is 2.59 bits per heavy atom. The van der Waals surface area contributed by atoms with E-state index < -0.39 is 6.10 Å². The number of nitrogens with one attached hydrogen (secondary N) is 2. The Balaban J connectivity index is 2.27. The molecule has 0 fully saturated rings. The van der Waals surface area contributed by atoms with Crippen molar-refractivity contribution in [2.75, 3.05) is 0 Å². The number of para-hydroxylation sites is 1. The maximum Gasteiger partial charge on any atom is 0.0960 e. The van der Waals surface area contributed by atoms with Crippen LogP contribution in [0.3, 0.4) is 0 Å². The van der Waals surface area contributed by atoms with Gasteiger partial charge in [0.2, 0.25) is 0 Å². The molecule has 2 rings (SSSR count). The molecule has 2 aromatic rings. The summed E-state index contributed by atoms with van der Waals surface area (Å²) in [7, 11) is 0. The Bertz CT molecular complexity index is 490. The molecule has 3 N–H and O–H groups in total. The molecule has 0 aliphatic rings. The maximum absolute atomic E-state index is 10.3. The van der Waals surface area contributed by atoms with Gasteiger partial charge in [-0.15, -0.1) is 0 Å². The van der Waals surface area contributed by atoms with Crippen molar-refractivity contribution in [1.29, 1.82) is 0 Å². The standard InChI is InChI=1S/C14H20N2O/c1-9(2)16-10(3)14(17)12-8-15-13-7-5-4-6-11(12)13/h4-10,14-17H,1-3H3. The number of hydrogen-bond acceptors (Lipinski definition) is 2. The number of aliphatic hydroxyl groups excluding tert-OH is 1. The summed E-state index contributed by atoms with van der Waals surface area (Å²) in [4.78, 5) is 3.19. The fourth-order valence-electron chi connectivity index (χ4n) is 2.22. The van der Waals surface area contributed by atoms with Crippen molar-refractivity contribution in [2.24, 2.45) is 0 Å². The SMILES string of the molecule is CC(C)NC(C)C(O)c1c[nH]c2ccccc12. The number of hydrogen-bond donors (Lipinski definition) is 3. The van der Waals surface area contributed by atoms with E-state index in [9.17, 15) is 5.11 Å². The normalized spacial score (nSPS) is 15.4. The molecule has 3 nitrogen and oxygen atoms in total. The molecule has 0 spiro atoms. The van der Waals surface area contributed by atoms with Gasteiger partial charge in [-0.2, -0.15) is 0 Å². The molecule has 0 radical (unpaired) electrons. The zero-order valence-electron chi connectivity index (χ0n) is 10.6. The molecule has 2 atom stereocenters. The maximum atomic E-state index is 10.3. The lowest BCUT2D eigenvalue weighted by Gasteiger charge is -2.22. The van der Waals surface area contributed by atoms with Gasteiger partial charge in [-0.3, -0.25) is 0 Å². The summed E-state index contributed by atoms with van der Waals surface area (Å²) >= 11 is 0. The second-order valence-electron chi connectivity index (χ2n) is 4.84. The van der Waals surface area contributed by atoms with Crippen LogP contribution in [0, 0.1) is 0 Å². The summed E-state index contributed by atoms with van der Waals surface area (Å²) in [5, 5.41) is 14.8. The molecule has 1 heterocycles. The van der Waals surface area contributed by atoms with Gasteiger partial charge in [0.15, 0.2) is 0 Å². The van der Waals surface area contributed by atoms with Crippen LogP contribution >= 0.6 is 0 Å². The summed E-state index contributed by atoms with van der Waals surface area (Å²) in [5.41, 5.74) is 2.03. The van der Waals surface area contributed by atoms with Crippen molar-refractivity contribution in [3.63, 3.8) is 0 Å². The van der Waals surface area contributed by atoms with Crippen molar-refractivity contribution in [2.45, 2.75) is 39.0 Å². The Hall–Kier alpha value is -1.32. The second-order valence-corrected chi connectivity index (χ2v) is 4.84. The van der Waals surface area contributed by atoms with Crippen molar-refractivity contribution in [3.8, 4) is 0 Å². The van der Waals surface area contributed by atoms with Gasteiger partial charge in [-0.05, 0) is 13.0 Å². The smallest absolute Gasteiger partial charge is 0.0960 e. The lowest BCUT2D eigenvalue weighted by atomic mass is 10.0. The summed E-state index contributed by atoms with van der Waals surface area (Å²) in [6.45, 7) is 6.17. The molecule has 3 heteroatoms. The lowest BCUT2D eigenvalue weighted by Crippen LogP contribution is -2.36. The second kappa shape index (κ2) is 4.90. The van der Waals surface area contributed by atoms with E-state index in [0.29, 0.717) is 6.04 Å². The van der Waals surface area contributed by atoms with E-state index >= 15 is 0 Å². The van der Waals surface area contributed by atoms with Crippen LogP contribution in [-0.4, -0.2) is 22.2 Å². The van der Waals surface area contributed by atoms with Crippen molar-refractivity contribution >= 4 is 10.9 Å². The Labute approximate surface area is 102 Å². The molecule has 1 aromatic carbocycles. The van der Waals surface area contributed by atoms with E-state index in [2.05, 4.69) is 24.1 Å². The fourth-order valence-corrected chi connectivity index (χ4v) is 2.22. The molecule has 1 aromatic heterocycles. The van der Waals surface area contributed by atoms with Gasteiger partial charge in [0.05, 0.1) is 6.10 Å². The topological polar surface area (TPSA) is 48.0 Å².